The van der Waals surface area contributed by atoms with Gasteiger partial charge in [-0.25, -0.2) is 4.79 Å². The molecular weight excluding hydrogens is 320 g/mol. The van der Waals surface area contributed by atoms with Crippen molar-refractivity contribution in [2.24, 2.45) is 0 Å². The SMILES string of the molecule is N#Cc1ccc(COC(=O)c2cccc(N3C(=O)CCC3=O)c2)cc1. The number of rotatable bonds is 4. The molecule has 2 amide bonds. The molecule has 0 bridgehead atoms. The summed E-state index contributed by atoms with van der Waals surface area (Å²) in [6.45, 7) is 0.0658. The van der Waals surface area contributed by atoms with Crippen LogP contribution in [0.15, 0.2) is 48.5 Å². The minimum Gasteiger partial charge on any atom is -0.457 e. The molecule has 0 atom stereocenters. The van der Waals surface area contributed by atoms with Crippen LogP contribution < -0.4 is 4.90 Å². The second-order valence-electron chi connectivity index (χ2n) is 5.56. The zero-order chi connectivity index (χ0) is 17.8. The molecule has 0 unspecified atom stereocenters. The number of imide groups is 1. The van der Waals surface area contributed by atoms with Crippen LogP contribution in [0.4, 0.5) is 5.69 Å². The molecule has 0 saturated carbocycles. The van der Waals surface area contributed by atoms with Gasteiger partial charge in [0, 0.05) is 12.8 Å². The van der Waals surface area contributed by atoms with Gasteiger partial charge in [0.15, 0.2) is 0 Å². The Morgan fingerprint density at radius 2 is 1.76 bits per heavy atom. The molecule has 6 heteroatoms. The lowest BCUT2D eigenvalue weighted by molar-refractivity contribution is -0.121. The van der Waals surface area contributed by atoms with Gasteiger partial charge in [0.1, 0.15) is 6.61 Å². The number of carbonyl (C=O) groups is 3. The van der Waals surface area contributed by atoms with Crippen molar-refractivity contribution in [3.63, 3.8) is 0 Å². The number of benzene rings is 2. The van der Waals surface area contributed by atoms with Crippen molar-refractivity contribution in [3.05, 3.63) is 65.2 Å². The average Bonchev–Trinajstić information content (AvgIpc) is 2.98. The van der Waals surface area contributed by atoms with Crippen LogP contribution in [0.2, 0.25) is 0 Å². The molecular formula is C19H14N2O4. The largest absolute Gasteiger partial charge is 0.457 e. The second kappa shape index (κ2) is 6.97. The summed E-state index contributed by atoms with van der Waals surface area (Å²) in [6, 6.07) is 15.0. The summed E-state index contributed by atoms with van der Waals surface area (Å²) in [5.74, 6) is -1.09. The van der Waals surface area contributed by atoms with Crippen LogP contribution in [0, 0.1) is 11.3 Å². The van der Waals surface area contributed by atoms with Gasteiger partial charge in [-0.1, -0.05) is 18.2 Å². The minimum absolute atomic E-state index is 0.0658. The third-order valence-electron chi connectivity index (χ3n) is 3.84. The highest BCUT2D eigenvalue weighted by Crippen LogP contribution is 2.23. The molecule has 1 aliphatic heterocycles. The Hall–Kier alpha value is -3.46. The molecule has 1 heterocycles. The van der Waals surface area contributed by atoms with E-state index < -0.39 is 5.97 Å². The van der Waals surface area contributed by atoms with Gasteiger partial charge in [-0.2, -0.15) is 5.26 Å². The molecule has 3 rings (SSSR count). The van der Waals surface area contributed by atoms with Crippen molar-refractivity contribution >= 4 is 23.5 Å². The zero-order valence-electron chi connectivity index (χ0n) is 13.3. The van der Waals surface area contributed by atoms with E-state index >= 15 is 0 Å². The van der Waals surface area contributed by atoms with Crippen molar-refractivity contribution in [3.8, 4) is 6.07 Å². The van der Waals surface area contributed by atoms with E-state index in [2.05, 4.69) is 0 Å². The molecule has 0 spiro atoms. The summed E-state index contributed by atoms with van der Waals surface area (Å²) >= 11 is 0. The molecule has 0 aromatic heterocycles. The molecule has 6 nitrogen and oxygen atoms in total. The van der Waals surface area contributed by atoms with Gasteiger partial charge < -0.3 is 4.74 Å². The number of ether oxygens (including phenoxy) is 1. The van der Waals surface area contributed by atoms with Gasteiger partial charge >= 0.3 is 5.97 Å². The van der Waals surface area contributed by atoms with E-state index in [9.17, 15) is 14.4 Å². The van der Waals surface area contributed by atoms with Crippen LogP contribution >= 0.6 is 0 Å². The topological polar surface area (TPSA) is 87.5 Å². The minimum atomic E-state index is -0.551. The molecule has 0 aliphatic carbocycles. The molecule has 0 radical (unpaired) electrons. The van der Waals surface area contributed by atoms with Crippen LogP contribution in [-0.2, 0) is 20.9 Å². The summed E-state index contributed by atoms with van der Waals surface area (Å²) in [4.78, 5) is 36.9. The number of hydrogen-bond acceptors (Lipinski definition) is 5. The third-order valence-corrected chi connectivity index (χ3v) is 3.84. The van der Waals surface area contributed by atoms with Crippen molar-refractivity contribution < 1.29 is 19.1 Å². The third kappa shape index (κ3) is 3.56. The highest BCUT2D eigenvalue weighted by Gasteiger charge is 2.30. The summed E-state index contributed by atoms with van der Waals surface area (Å²) in [5.41, 5.74) is 1.93. The Kier molecular flexibility index (Phi) is 4.57. The number of nitrogens with zero attached hydrogens (tertiary/aromatic N) is 2. The predicted octanol–water partition coefficient (Wildman–Crippen LogP) is 2.57. The maximum atomic E-state index is 12.2. The van der Waals surface area contributed by atoms with Gasteiger partial charge in [0.25, 0.3) is 0 Å². The molecule has 1 aliphatic rings. The van der Waals surface area contributed by atoms with E-state index in [-0.39, 0.29) is 36.8 Å². The Labute approximate surface area is 144 Å². The fraction of sp³-hybridized carbons (Fsp3) is 0.158. The van der Waals surface area contributed by atoms with Crippen LogP contribution in [0.3, 0.4) is 0 Å². The van der Waals surface area contributed by atoms with Crippen molar-refractivity contribution in [1.82, 2.24) is 0 Å². The van der Waals surface area contributed by atoms with E-state index in [1.807, 2.05) is 6.07 Å². The first-order valence-corrected chi connectivity index (χ1v) is 7.70. The molecule has 25 heavy (non-hydrogen) atoms. The first kappa shape index (κ1) is 16.4. The number of amides is 2. The second-order valence-corrected chi connectivity index (χ2v) is 5.56. The van der Waals surface area contributed by atoms with E-state index in [0.717, 1.165) is 10.5 Å². The van der Waals surface area contributed by atoms with E-state index in [1.165, 1.54) is 6.07 Å². The van der Waals surface area contributed by atoms with Gasteiger partial charge in [-0.05, 0) is 35.9 Å². The van der Waals surface area contributed by atoms with Crippen LogP contribution in [0.1, 0.15) is 34.3 Å². The predicted molar refractivity (Wildman–Crippen MR) is 88.4 cm³/mol. The Bertz CT molecular complexity index is 865. The quantitative estimate of drug-likeness (QED) is 0.633. The number of anilines is 1. The molecule has 2 aromatic rings. The lowest BCUT2D eigenvalue weighted by Crippen LogP contribution is -2.28. The fourth-order valence-corrected chi connectivity index (χ4v) is 2.54. The van der Waals surface area contributed by atoms with Gasteiger partial charge in [-0.3, -0.25) is 14.5 Å². The smallest absolute Gasteiger partial charge is 0.338 e. The van der Waals surface area contributed by atoms with Gasteiger partial charge in [0.2, 0.25) is 11.8 Å². The summed E-state index contributed by atoms with van der Waals surface area (Å²) in [7, 11) is 0. The number of hydrogen-bond donors (Lipinski definition) is 0. The molecule has 0 N–H and O–H groups in total. The monoisotopic (exact) mass is 334 g/mol. The molecule has 2 aromatic carbocycles. The van der Waals surface area contributed by atoms with Crippen molar-refractivity contribution in [2.75, 3.05) is 4.90 Å². The standard InChI is InChI=1S/C19H14N2O4/c20-11-13-4-6-14(7-5-13)12-25-19(24)15-2-1-3-16(10-15)21-17(22)8-9-18(21)23/h1-7,10H,8-9,12H2. The Balaban J connectivity index is 1.70. The van der Waals surface area contributed by atoms with Crippen LogP contribution in [0.25, 0.3) is 0 Å². The first-order valence-electron chi connectivity index (χ1n) is 7.70. The lowest BCUT2D eigenvalue weighted by Gasteiger charge is -2.14. The Morgan fingerprint density at radius 1 is 1.08 bits per heavy atom. The van der Waals surface area contributed by atoms with Gasteiger partial charge in [-0.15, -0.1) is 0 Å². The highest BCUT2D eigenvalue weighted by atomic mass is 16.5. The number of nitriles is 1. The molecule has 1 fully saturated rings. The van der Waals surface area contributed by atoms with Crippen molar-refractivity contribution in [1.29, 1.82) is 5.26 Å². The lowest BCUT2D eigenvalue weighted by atomic mass is 10.1. The molecule has 124 valence electrons. The average molecular weight is 334 g/mol. The maximum absolute atomic E-state index is 12.2. The number of esters is 1. The summed E-state index contributed by atoms with van der Waals surface area (Å²) in [6.07, 6.45) is 0.373. The maximum Gasteiger partial charge on any atom is 0.338 e. The summed E-state index contributed by atoms with van der Waals surface area (Å²) < 4.78 is 5.25. The van der Waals surface area contributed by atoms with Crippen molar-refractivity contribution in [2.45, 2.75) is 19.4 Å². The van der Waals surface area contributed by atoms with Gasteiger partial charge in [0.05, 0.1) is 22.9 Å². The van der Waals surface area contributed by atoms with E-state index in [0.29, 0.717) is 11.3 Å². The van der Waals surface area contributed by atoms with E-state index in [1.54, 1.807) is 42.5 Å². The fourth-order valence-electron chi connectivity index (χ4n) is 2.54. The zero-order valence-corrected chi connectivity index (χ0v) is 13.3. The Morgan fingerprint density at radius 3 is 2.40 bits per heavy atom. The molecule has 1 saturated heterocycles. The van der Waals surface area contributed by atoms with E-state index in [4.69, 9.17) is 10.00 Å². The number of carbonyl (C=O) groups excluding carboxylic acids is 3. The first-order chi connectivity index (χ1) is 12.1. The van der Waals surface area contributed by atoms with Crippen LogP contribution in [0.5, 0.6) is 0 Å². The summed E-state index contributed by atoms with van der Waals surface area (Å²) in [5, 5.41) is 8.76. The normalized spacial score (nSPS) is 13.6. The van der Waals surface area contributed by atoms with Crippen LogP contribution in [-0.4, -0.2) is 17.8 Å². The highest BCUT2D eigenvalue weighted by molar-refractivity contribution is 6.20.